The van der Waals surface area contributed by atoms with Crippen molar-refractivity contribution in [1.29, 1.82) is 0 Å². The second-order valence-electron chi connectivity index (χ2n) is 6.04. The topological polar surface area (TPSA) is 64.6 Å². The molecule has 5 nitrogen and oxygen atoms in total. The van der Waals surface area contributed by atoms with Crippen molar-refractivity contribution in [2.45, 2.75) is 0 Å². The van der Waals surface area contributed by atoms with Gasteiger partial charge in [0.2, 0.25) is 0 Å². The standard InChI is InChI=1S/C21H16ClF2NO4S/c1-28-9-10-29-21(27)12-5-6-13(14(22)11-12)17-7-8-18(30-17)20(26)25-19-15(23)3-2-4-16(19)24/h2-8,11H,9-10H2,1H3,(H,25,26). The summed E-state index contributed by atoms with van der Waals surface area (Å²) in [5, 5.41) is 2.54. The van der Waals surface area contributed by atoms with Crippen molar-refractivity contribution in [3.63, 3.8) is 0 Å². The molecule has 9 heteroatoms. The number of para-hydroxylation sites is 1. The summed E-state index contributed by atoms with van der Waals surface area (Å²) in [7, 11) is 1.50. The summed E-state index contributed by atoms with van der Waals surface area (Å²) in [4.78, 5) is 25.3. The van der Waals surface area contributed by atoms with Crippen LogP contribution in [-0.4, -0.2) is 32.2 Å². The van der Waals surface area contributed by atoms with E-state index < -0.39 is 29.2 Å². The van der Waals surface area contributed by atoms with Gasteiger partial charge in [0.05, 0.1) is 22.1 Å². The summed E-state index contributed by atoms with van der Waals surface area (Å²) in [6.45, 7) is 0.412. The smallest absolute Gasteiger partial charge is 0.338 e. The highest BCUT2D eigenvalue weighted by molar-refractivity contribution is 7.17. The highest BCUT2D eigenvalue weighted by atomic mass is 35.5. The maximum atomic E-state index is 13.7. The zero-order valence-electron chi connectivity index (χ0n) is 15.7. The van der Waals surface area contributed by atoms with E-state index in [0.29, 0.717) is 15.5 Å². The summed E-state index contributed by atoms with van der Waals surface area (Å²) >= 11 is 7.40. The van der Waals surface area contributed by atoms with Crippen LogP contribution in [0.3, 0.4) is 0 Å². The van der Waals surface area contributed by atoms with E-state index in [1.54, 1.807) is 18.2 Å². The number of nitrogens with one attached hydrogen (secondary N) is 1. The molecule has 0 atom stereocenters. The molecule has 0 aliphatic carbocycles. The molecule has 0 radical (unpaired) electrons. The van der Waals surface area contributed by atoms with E-state index >= 15 is 0 Å². The number of rotatable bonds is 7. The molecule has 3 rings (SSSR count). The van der Waals surface area contributed by atoms with E-state index in [9.17, 15) is 18.4 Å². The Morgan fingerprint density at radius 1 is 1.07 bits per heavy atom. The van der Waals surface area contributed by atoms with Gasteiger partial charge >= 0.3 is 5.97 Å². The molecule has 1 aromatic heterocycles. The number of carbonyl (C=O) groups excluding carboxylic acids is 2. The fourth-order valence-electron chi connectivity index (χ4n) is 2.54. The van der Waals surface area contributed by atoms with Gasteiger partial charge in [0.1, 0.15) is 23.9 Å². The molecule has 0 bridgehead atoms. The fraction of sp³-hybridized carbons (Fsp3) is 0.143. The number of methoxy groups -OCH3 is 1. The Bertz CT molecular complexity index is 1070. The highest BCUT2D eigenvalue weighted by Crippen LogP contribution is 2.34. The molecule has 156 valence electrons. The molecular weight excluding hydrogens is 436 g/mol. The van der Waals surface area contributed by atoms with Crippen LogP contribution < -0.4 is 5.32 Å². The molecule has 0 fully saturated rings. The number of amides is 1. The maximum absolute atomic E-state index is 13.7. The van der Waals surface area contributed by atoms with Crippen molar-refractivity contribution >= 4 is 40.5 Å². The van der Waals surface area contributed by atoms with Gasteiger partial charge in [-0.3, -0.25) is 4.79 Å². The number of halogens is 3. The average Bonchev–Trinajstić information content (AvgIpc) is 3.21. The molecule has 3 aromatic rings. The Balaban J connectivity index is 1.75. The van der Waals surface area contributed by atoms with Crippen molar-refractivity contribution in [3.8, 4) is 10.4 Å². The summed E-state index contributed by atoms with van der Waals surface area (Å²) in [6.07, 6.45) is 0. The molecule has 0 spiro atoms. The van der Waals surface area contributed by atoms with Crippen molar-refractivity contribution < 1.29 is 27.8 Å². The van der Waals surface area contributed by atoms with E-state index in [-0.39, 0.29) is 23.7 Å². The van der Waals surface area contributed by atoms with E-state index in [1.165, 1.54) is 25.3 Å². The number of hydrogen-bond donors (Lipinski definition) is 1. The van der Waals surface area contributed by atoms with Gasteiger partial charge < -0.3 is 14.8 Å². The van der Waals surface area contributed by atoms with Gasteiger partial charge in [-0.05, 0) is 36.4 Å². The molecule has 0 saturated carbocycles. The molecule has 2 aromatic carbocycles. The number of benzene rings is 2. The zero-order chi connectivity index (χ0) is 21.7. The molecule has 0 aliphatic heterocycles. The first-order chi connectivity index (χ1) is 14.4. The van der Waals surface area contributed by atoms with E-state index in [4.69, 9.17) is 21.1 Å². The van der Waals surface area contributed by atoms with Crippen LogP contribution in [0.4, 0.5) is 14.5 Å². The Kier molecular flexibility index (Phi) is 7.15. The Morgan fingerprint density at radius 2 is 1.80 bits per heavy atom. The lowest BCUT2D eigenvalue weighted by Gasteiger charge is -2.07. The van der Waals surface area contributed by atoms with Crippen LogP contribution in [0, 0.1) is 11.6 Å². The Labute approximate surface area is 180 Å². The van der Waals surface area contributed by atoms with Gasteiger partial charge in [-0.25, -0.2) is 13.6 Å². The monoisotopic (exact) mass is 451 g/mol. The Morgan fingerprint density at radius 3 is 2.47 bits per heavy atom. The molecule has 1 N–H and O–H groups in total. The SMILES string of the molecule is COCCOC(=O)c1ccc(-c2ccc(C(=O)Nc3c(F)cccc3F)s2)c(Cl)c1. The first-order valence-electron chi connectivity index (χ1n) is 8.72. The Hall–Kier alpha value is -2.81. The van der Waals surface area contributed by atoms with Crippen LogP contribution in [0.25, 0.3) is 10.4 Å². The number of ether oxygens (including phenoxy) is 2. The number of carbonyl (C=O) groups is 2. The quantitative estimate of drug-likeness (QED) is 0.386. The van der Waals surface area contributed by atoms with Gasteiger partial charge in [-0.1, -0.05) is 23.7 Å². The van der Waals surface area contributed by atoms with Crippen LogP contribution in [0.2, 0.25) is 5.02 Å². The van der Waals surface area contributed by atoms with Crippen LogP contribution in [-0.2, 0) is 9.47 Å². The third-order valence-corrected chi connectivity index (χ3v) is 5.45. The second kappa shape index (κ2) is 9.80. The van der Waals surface area contributed by atoms with Crippen LogP contribution >= 0.6 is 22.9 Å². The van der Waals surface area contributed by atoms with Crippen molar-refractivity contribution in [3.05, 3.63) is 75.6 Å². The highest BCUT2D eigenvalue weighted by Gasteiger charge is 2.17. The first kappa shape index (κ1) is 21.9. The van der Waals surface area contributed by atoms with Crippen LogP contribution in [0.5, 0.6) is 0 Å². The van der Waals surface area contributed by atoms with Crippen molar-refractivity contribution in [1.82, 2.24) is 0 Å². The van der Waals surface area contributed by atoms with Gasteiger partial charge in [0.25, 0.3) is 5.91 Å². The zero-order valence-corrected chi connectivity index (χ0v) is 17.3. The minimum Gasteiger partial charge on any atom is -0.460 e. The minimum absolute atomic E-state index is 0.126. The maximum Gasteiger partial charge on any atom is 0.338 e. The van der Waals surface area contributed by atoms with Gasteiger partial charge in [-0.2, -0.15) is 0 Å². The molecule has 0 unspecified atom stereocenters. The molecule has 1 amide bonds. The van der Waals surface area contributed by atoms with E-state index in [0.717, 1.165) is 23.5 Å². The molecular formula is C21H16ClF2NO4S. The molecule has 1 heterocycles. The first-order valence-corrected chi connectivity index (χ1v) is 9.91. The van der Waals surface area contributed by atoms with Gasteiger partial charge in [-0.15, -0.1) is 11.3 Å². The van der Waals surface area contributed by atoms with Crippen molar-refractivity contribution in [2.24, 2.45) is 0 Å². The lowest BCUT2D eigenvalue weighted by Crippen LogP contribution is -2.12. The third-order valence-electron chi connectivity index (χ3n) is 4.02. The summed E-state index contributed by atoms with van der Waals surface area (Å²) in [5.41, 5.74) is 0.377. The largest absolute Gasteiger partial charge is 0.460 e. The van der Waals surface area contributed by atoms with E-state index in [2.05, 4.69) is 5.32 Å². The summed E-state index contributed by atoms with van der Waals surface area (Å²) < 4.78 is 37.3. The lowest BCUT2D eigenvalue weighted by molar-refractivity contribution is 0.0388. The molecule has 0 aliphatic rings. The normalized spacial score (nSPS) is 10.7. The fourth-order valence-corrected chi connectivity index (χ4v) is 3.82. The number of hydrogen-bond acceptors (Lipinski definition) is 5. The lowest BCUT2D eigenvalue weighted by atomic mass is 10.1. The van der Waals surface area contributed by atoms with E-state index in [1.807, 2.05) is 0 Å². The van der Waals surface area contributed by atoms with Gasteiger partial charge in [0.15, 0.2) is 0 Å². The van der Waals surface area contributed by atoms with Gasteiger partial charge in [0, 0.05) is 17.6 Å². The number of esters is 1. The predicted octanol–water partition coefficient (Wildman–Crippen LogP) is 5.40. The number of anilines is 1. The predicted molar refractivity (Wildman–Crippen MR) is 111 cm³/mol. The minimum atomic E-state index is -0.865. The average molecular weight is 452 g/mol. The number of thiophene rings is 1. The third kappa shape index (κ3) is 5.02. The molecule has 0 saturated heterocycles. The van der Waals surface area contributed by atoms with Crippen LogP contribution in [0.1, 0.15) is 20.0 Å². The second-order valence-corrected chi connectivity index (χ2v) is 7.53. The van der Waals surface area contributed by atoms with Crippen molar-refractivity contribution in [2.75, 3.05) is 25.6 Å². The van der Waals surface area contributed by atoms with Crippen LogP contribution in [0.15, 0.2) is 48.5 Å². The summed E-state index contributed by atoms with van der Waals surface area (Å²) in [6, 6.07) is 11.2. The summed E-state index contributed by atoms with van der Waals surface area (Å²) in [5.74, 6) is -2.91. The molecule has 30 heavy (non-hydrogen) atoms.